The van der Waals surface area contributed by atoms with Crippen LogP contribution in [0.5, 0.6) is 0 Å². The molecule has 0 aliphatic carbocycles. The number of hydrogen-bond acceptors (Lipinski definition) is 3. The third-order valence-corrected chi connectivity index (χ3v) is 4.35. The second-order valence-corrected chi connectivity index (χ2v) is 6.17. The summed E-state index contributed by atoms with van der Waals surface area (Å²) in [5.74, 6) is -0.0132. The van der Waals surface area contributed by atoms with Crippen molar-refractivity contribution in [2.45, 2.75) is 38.5 Å². The molecule has 0 bridgehead atoms. The van der Waals surface area contributed by atoms with E-state index in [2.05, 4.69) is 24.1 Å². The van der Waals surface area contributed by atoms with Gasteiger partial charge in [0.2, 0.25) is 5.91 Å². The molecular formula is C16H23ClN2O2. The Balaban J connectivity index is 1.94. The average Bonchev–Trinajstić information content (AvgIpc) is 2.84. The van der Waals surface area contributed by atoms with E-state index >= 15 is 0 Å². The van der Waals surface area contributed by atoms with Gasteiger partial charge in [0.1, 0.15) is 0 Å². The third kappa shape index (κ3) is 4.19. The highest BCUT2D eigenvalue weighted by atomic mass is 35.5. The average molecular weight is 311 g/mol. The lowest BCUT2D eigenvalue weighted by atomic mass is 10.1. The number of nitrogens with one attached hydrogen (secondary N) is 1. The zero-order chi connectivity index (χ0) is 15.4. The van der Waals surface area contributed by atoms with Crippen LogP contribution in [0.2, 0.25) is 5.02 Å². The van der Waals surface area contributed by atoms with Gasteiger partial charge in [-0.15, -0.1) is 0 Å². The molecule has 1 aromatic carbocycles. The number of methoxy groups -OCH3 is 1. The van der Waals surface area contributed by atoms with E-state index in [9.17, 15) is 4.79 Å². The molecule has 5 heteroatoms. The number of likely N-dealkylation sites (tertiary alicyclic amines) is 1. The van der Waals surface area contributed by atoms with E-state index < -0.39 is 0 Å². The number of carbonyl (C=O) groups excluding carboxylic acids is 1. The standard InChI is InChI=1S/C16H23ClN2O2/c1-11(2)19-9-14(15(10-19)21-3)18-16(20)8-12-6-4-5-7-13(12)17/h4-7,11,14-15H,8-10H2,1-3H3,(H,18,20)/t14-,15-/m1/s1. The Bertz CT molecular complexity index is 493. The smallest absolute Gasteiger partial charge is 0.224 e. The van der Waals surface area contributed by atoms with Crippen LogP contribution in [0.3, 0.4) is 0 Å². The van der Waals surface area contributed by atoms with E-state index in [4.69, 9.17) is 16.3 Å². The number of benzene rings is 1. The van der Waals surface area contributed by atoms with Crippen molar-refractivity contribution in [1.29, 1.82) is 0 Å². The molecule has 4 nitrogen and oxygen atoms in total. The Hall–Kier alpha value is -1.10. The lowest BCUT2D eigenvalue weighted by molar-refractivity contribution is -0.121. The summed E-state index contributed by atoms with van der Waals surface area (Å²) < 4.78 is 5.50. The minimum Gasteiger partial charge on any atom is -0.378 e. The van der Waals surface area contributed by atoms with Crippen molar-refractivity contribution >= 4 is 17.5 Å². The zero-order valence-corrected chi connectivity index (χ0v) is 13.6. The van der Waals surface area contributed by atoms with Crippen LogP contribution in [0.15, 0.2) is 24.3 Å². The fraction of sp³-hybridized carbons (Fsp3) is 0.562. The highest BCUT2D eigenvalue weighted by molar-refractivity contribution is 6.31. The summed E-state index contributed by atoms with van der Waals surface area (Å²) in [4.78, 5) is 14.5. The Morgan fingerprint density at radius 1 is 1.43 bits per heavy atom. The number of ether oxygens (including phenoxy) is 1. The van der Waals surface area contributed by atoms with Crippen LogP contribution in [-0.2, 0) is 16.0 Å². The van der Waals surface area contributed by atoms with Gasteiger partial charge in [0.25, 0.3) is 0 Å². The Labute approximate surface area is 131 Å². The maximum absolute atomic E-state index is 12.2. The maximum Gasteiger partial charge on any atom is 0.224 e. The number of amides is 1. The Kier molecular flexibility index (Phi) is 5.62. The number of hydrogen-bond donors (Lipinski definition) is 1. The second-order valence-electron chi connectivity index (χ2n) is 5.76. The normalized spacial score (nSPS) is 22.7. The molecule has 0 aromatic heterocycles. The van der Waals surface area contributed by atoms with Crippen molar-refractivity contribution in [2.24, 2.45) is 0 Å². The van der Waals surface area contributed by atoms with Crippen LogP contribution >= 0.6 is 11.6 Å². The largest absolute Gasteiger partial charge is 0.378 e. The van der Waals surface area contributed by atoms with Crippen LogP contribution in [0.25, 0.3) is 0 Å². The first-order chi connectivity index (χ1) is 10.0. The molecule has 0 spiro atoms. The van der Waals surface area contributed by atoms with Crippen molar-refractivity contribution in [2.75, 3.05) is 20.2 Å². The van der Waals surface area contributed by atoms with E-state index in [1.165, 1.54) is 0 Å². The van der Waals surface area contributed by atoms with E-state index in [0.29, 0.717) is 17.5 Å². The summed E-state index contributed by atoms with van der Waals surface area (Å²) in [6.45, 7) is 5.98. The van der Waals surface area contributed by atoms with Gasteiger partial charge in [0.15, 0.2) is 0 Å². The molecular weight excluding hydrogens is 288 g/mol. The van der Waals surface area contributed by atoms with Gasteiger partial charge in [0.05, 0.1) is 18.6 Å². The van der Waals surface area contributed by atoms with Gasteiger partial charge in [-0.2, -0.15) is 0 Å². The molecule has 2 atom stereocenters. The summed E-state index contributed by atoms with van der Waals surface area (Å²) in [7, 11) is 1.70. The molecule has 1 amide bonds. The highest BCUT2D eigenvalue weighted by Gasteiger charge is 2.34. The van der Waals surface area contributed by atoms with Crippen molar-refractivity contribution < 1.29 is 9.53 Å². The molecule has 1 aliphatic heterocycles. The minimum atomic E-state index is -0.0132. The van der Waals surface area contributed by atoms with Gasteiger partial charge in [-0.1, -0.05) is 29.8 Å². The fourth-order valence-electron chi connectivity index (χ4n) is 2.67. The SMILES string of the molecule is CO[C@@H]1CN(C(C)C)C[C@H]1NC(=O)Cc1ccccc1Cl. The fourth-order valence-corrected chi connectivity index (χ4v) is 2.88. The van der Waals surface area contributed by atoms with Gasteiger partial charge < -0.3 is 10.1 Å². The lowest BCUT2D eigenvalue weighted by Crippen LogP contribution is -2.44. The van der Waals surface area contributed by atoms with Gasteiger partial charge in [0, 0.05) is 31.3 Å². The maximum atomic E-state index is 12.2. The summed E-state index contributed by atoms with van der Waals surface area (Å²) in [6.07, 6.45) is 0.344. The number of halogens is 1. The molecule has 1 N–H and O–H groups in total. The van der Waals surface area contributed by atoms with Crippen molar-refractivity contribution in [3.63, 3.8) is 0 Å². The molecule has 1 fully saturated rings. The summed E-state index contributed by atoms with van der Waals surface area (Å²) in [5, 5.41) is 3.71. The van der Waals surface area contributed by atoms with E-state index in [0.717, 1.165) is 18.7 Å². The molecule has 0 saturated carbocycles. The first-order valence-corrected chi connectivity index (χ1v) is 7.68. The zero-order valence-electron chi connectivity index (χ0n) is 12.8. The second kappa shape index (κ2) is 7.25. The van der Waals surface area contributed by atoms with Gasteiger partial charge in [-0.05, 0) is 25.5 Å². The predicted molar refractivity (Wildman–Crippen MR) is 84.6 cm³/mol. The topological polar surface area (TPSA) is 41.6 Å². The first kappa shape index (κ1) is 16.3. The van der Waals surface area contributed by atoms with Crippen LogP contribution in [0.4, 0.5) is 0 Å². The minimum absolute atomic E-state index is 0.0132. The van der Waals surface area contributed by atoms with Crippen LogP contribution in [-0.4, -0.2) is 49.2 Å². The summed E-state index contributed by atoms with van der Waals surface area (Å²) in [5.41, 5.74) is 0.851. The van der Waals surface area contributed by atoms with Gasteiger partial charge in [-0.25, -0.2) is 0 Å². The van der Waals surface area contributed by atoms with E-state index in [1.54, 1.807) is 13.2 Å². The van der Waals surface area contributed by atoms with Crippen molar-refractivity contribution in [1.82, 2.24) is 10.2 Å². The molecule has 0 radical (unpaired) electrons. The van der Waals surface area contributed by atoms with Crippen LogP contribution < -0.4 is 5.32 Å². The quantitative estimate of drug-likeness (QED) is 0.905. The van der Waals surface area contributed by atoms with Crippen LogP contribution in [0, 0.1) is 0 Å². The molecule has 21 heavy (non-hydrogen) atoms. The Morgan fingerprint density at radius 3 is 2.76 bits per heavy atom. The van der Waals surface area contributed by atoms with E-state index in [-0.39, 0.29) is 18.1 Å². The molecule has 1 aromatic rings. The molecule has 1 saturated heterocycles. The molecule has 1 heterocycles. The monoisotopic (exact) mass is 310 g/mol. The summed E-state index contributed by atoms with van der Waals surface area (Å²) >= 11 is 6.09. The summed E-state index contributed by atoms with van der Waals surface area (Å²) in [6, 6.07) is 7.92. The molecule has 1 aliphatic rings. The van der Waals surface area contributed by atoms with Crippen molar-refractivity contribution in [3.05, 3.63) is 34.9 Å². The number of rotatable bonds is 5. The lowest BCUT2D eigenvalue weighted by Gasteiger charge is -2.20. The number of carbonyl (C=O) groups is 1. The Morgan fingerprint density at radius 2 is 2.14 bits per heavy atom. The van der Waals surface area contributed by atoms with E-state index in [1.807, 2.05) is 18.2 Å². The van der Waals surface area contributed by atoms with Gasteiger partial charge in [-0.3, -0.25) is 9.69 Å². The first-order valence-electron chi connectivity index (χ1n) is 7.31. The highest BCUT2D eigenvalue weighted by Crippen LogP contribution is 2.18. The van der Waals surface area contributed by atoms with Gasteiger partial charge >= 0.3 is 0 Å². The van der Waals surface area contributed by atoms with Crippen LogP contribution in [0.1, 0.15) is 19.4 Å². The van der Waals surface area contributed by atoms with Crippen molar-refractivity contribution in [3.8, 4) is 0 Å². The molecule has 0 unspecified atom stereocenters. The number of nitrogens with zero attached hydrogens (tertiary/aromatic N) is 1. The molecule has 116 valence electrons. The third-order valence-electron chi connectivity index (χ3n) is 3.98. The molecule has 2 rings (SSSR count). The predicted octanol–water partition coefficient (Wildman–Crippen LogP) is 2.11.